The second kappa shape index (κ2) is 2.76. The first-order valence-corrected chi connectivity index (χ1v) is 3.99. The van der Waals surface area contributed by atoms with E-state index in [0.717, 1.165) is 10.8 Å². The Morgan fingerprint density at radius 3 is 2.75 bits per heavy atom. The number of benzene rings is 2. The van der Waals surface area contributed by atoms with Crippen molar-refractivity contribution in [1.82, 2.24) is 0 Å². The van der Waals surface area contributed by atoms with Gasteiger partial charge in [-0.1, -0.05) is 29.8 Å². The zero-order chi connectivity index (χ0) is 8.55. The van der Waals surface area contributed by atoms with Crippen LogP contribution in [0.15, 0.2) is 36.4 Å². The summed E-state index contributed by atoms with van der Waals surface area (Å²) in [6.45, 7) is 0. The van der Waals surface area contributed by atoms with Crippen molar-refractivity contribution in [3.8, 4) is 0 Å². The van der Waals surface area contributed by atoms with Gasteiger partial charge < -0.3 is 0 Å². The fraction of sp³-hybridized carbons (Fsp3) is 0. The zero-order valence-corrected chi connectivity index (χ0v) is 6.98. The highest BCUT2D eigenvalue weighted by Gasteiger charge is 1.98. The van der Waals surface area contributed by atoms with Crippen LogP contribution in [0.1, 0.15) is 0 Å². The van der Waals surface area contributed by atoms with E-state index in [9.17, 15) is 4.39 Å². The molecule has 0 aromatic heterocycles. The van der Waals surface area contributed by atoms with Gasteiger partial charge >= 0.3 is 0 Å². The molecule has 12 heavy (non-hydrogen) atoms. The van der Waals surface area contributed by atoms with E-state index in [1.165, 1.54) is 12.1 Å². The Balaban J connectivity index is 2.88. The van der Waals surface area contributed by atoms with Gasteiger partial charge in [0.25, 0.3) is 0 Å². The van der Waals surface area contributed by atoms with E-state index in [1.807, 2.05) is 12.1 Å². The van der Waals surface area contributed by atoms with Gasteiger partial charge in [0.1, 0.15) is 5.82 Å². The molecule has 0 amide bonds. The molecule has 2 heteroatoms. The van der Waals surface area contributed by atoms with E-state index in [1.54, 1.807) is 12.1 Å². The molecular weight excluding hydrogens is 175 g/mol. The summed E-state index contributed by atoms with van der Waals surface area (Å²) in [5.74, 6) is -0.254. The number of rotatable bonds is 0. The highest BCUT2D eigenvalue weighted by Crippen LogP contribution is 2.23. The first-order chi connectivity index (χ1) is 5.77. The molecule has 0 aliphatic carbocycles. The third kappa shape index (κ3) is 1.16. The SMILES string of the molecule is Fc1ccc2cccc(Cl)c2c1. The summed E-state index contributed by atoms with van der Waals surface area (Å²) in [5.41, 5.74) is 0. The number of fused-ring (bicyclic) bond motifs is 1. The lowest BCUT2D eigenvalue weighted by Gasteiger charge is -1.98. The summed E-state index contributed by atoms with van der Waals surface area (Å²) in [7, 11) is 0. The summed E-state index contributed by atoms with van der Waals surface area (Å²) in [6.07, 6.45) is 0. The van der Waals surface area contributed by atoms with Crippen LogP contribution in [-0.2, 0) is 0 Å². The monoisotopic (exact) mass is 180 g/mol. The largest absolute Gasteiger partial charge is 0.207 e. The van der Waals surface area contributed by atoms with Crippen LogP contribution in [-0.4, -0.2) is 0 Å². The van der Waals surface area contributed by atoms with Crippen molar-refractivity contribution in [1.29, 1.82) is 0 Å². The van der Waals surface area contributed by atoms with Crippen molar-refractivity contribution in [2.45, 2.75) is 0 Å². The molecule has 60 valence electrons. The molecule has 0 N–H and O–H groups in total. The maximum absolute atomic E-state index is 12.8. The Morgan fingerprint density at radius 2 is 1.92 bits per heavy atom. The summed E-state index contributed by atoms with van der Waals surface area (Å²) in [4.78, 5) is 0. The van der Waals surface area contributed by atoms with Gasteiger partial charge in [0.2, 0.25) is 0 Å². The molecule has 2 rings (SSSR count). The first kappa shape index (κ1) is 7.56. The van der Waals surface area contributed by atoms with Gasteiger partial charge in [-0.3, -0.25) is 0 Å². The Labute approximate surface area is 74.6 Å². The van der Waals surface area contributed by atoms with Crippen LogP contribution >= 0.6 is 11.6 Å². The third-order valence-corrected chi connectivity index (χ3v) is 2.12. The molecule has 0 nitrogen and oxygen atoms in total. The van der Waals surface area contributed by atoms with E-state index in [0.29, 0.717) is 5.02 Å². The number of hydrogen-bond acceptors (Lipinski definition) is 0. The highest BCUT2D eigenvalue weighted by molar-refractivity contribution is 6.35. The smallest absolute Gasteiger partial charge is 0.123 e. The fourth-order valence-corrected chi connectivity index (χ4v) is 1.44. The average Bonchev–Trinajstić information content (AvgIpc) is 2.07. The summed E-state index contributed by atoms with van der Waals surface area (Å²) < 4.78 is 12.8. The average molecular weight is 181 g/mol. The van der Waals surface area contributed by atoms with Crippen molar-refractivity contribution < 1.29 is 4.39 Å². The zero-order valence-electron chi connectivity index (χ0n) is 6.22. The Bertz CT molecular complexity index is 423. The van der Waals surface area contributed by atoms with E-state index < -0.39 is 0 Å². The van der Waals surface area contributed by atoms with Crippen LogP contribution in [0, 0.1) is 5.82 Å². The summed E-state index contributed by atoms with van der Waals surface area (Å²) in [6, 6.07) is 10.1. The normalized spacial score (nSPS) is 10.5. The molecule has 0 saturated carbocycles. The van der Waals surface area contributed by atoms with E-state index in [2.05, 4.69) is 0 Å². The minimum Gasteiger partial charge on any atom is -0.207 e. The predicted molar refractivity (Wildman–Crippen MR) is 48.9 cm³/mol. The van der Waals surface area contributed by atoms with Crippen molar-refractivity contribution in [2.24, 2.45) is 0 Å². The molecule has 0 radical (unpaired) electrons. The van der Waals surface area contributed by atoms with Crippen LogP contribution in [0.3, 0.4) is 0 Å². The van der Waals surface area contributed by atoms with Crippen LogP contribution in [0.2, 0.25) is 5.02 Å². The third-order valence-electron chi connectivity index (χ3n) is 1.79. The molecule has 0 heterocycles. The predicted octanol–water partition coefficient (Wildman–Crippen LogP) is 3.63. The molecule has 0 bridgehead atoms. The second-order valence-electron chi connectivity index (χ2n) is 2.61. The van der Waals surface area contributed by atoms with Crippen LogP contribution < -0.4 is 0 Å². The molecule has 0 fully saturated rings. The number of halogens is 2. The topological polar surface area (TPSA) is 0 Å². The van der Waals surface area contributed by atoms with E-state index >= 15 is 0 Å². The van der Waals surface area contributed by atoms with Crippen LogP contribution in [0.4, 0.5) is 4.39 Å². The van der Waals surface area contributed by atoms with Crippen molar-refractivity contribution in [3.05, 3.63) is 47.2 Å². The van der Waals surface area contributed by atoms with Crippen LogP contribution in [0.5, 0.6) is 0 Å². The highest BCUT2D eigenvalue weighted by atomic mass is 35.5. The van der Waals surface area contributed by atoms with Crippen LogP contribution in [0.25, 0.3) is 10.8 Å². The van der Waals surface area contributed by atoms with Crippen molar-refractivity contribution in [3.63, 3.8) is 0 Å². The lowest BCUT2D eigenvalue weighted by atomic mass is 10.1. The summed E-state index contributed by atoms with van der Waals surface area (Å²) >= 11 is 5.86. The molecule has 2 aromatic rings. The molecule has 0 atom stereocenters. The maximum Gasteiger partial charge on any atom is 0.123 e. The molecule has 0 aliphatic heterocycles. The fourth-order valence-electron chi connectivity index (χ4n) is 1.21. The molecule has 2 aromatic carbocycles. The van der Waals surface area contributed by atoms with Gasteiger partial charge in [-0.15, -0.1) is 0 Å². The lowest BCUT2D eigenvalue weighted by molar-refractivity contribution is 0.630. The molecule has 0 unspecified atom stereocenters. The van der Waals surface area contributed by atoms with Crippen molar-refractivity contribution in [2.75, 3.05) is 0 Å². The minimum atomic E-state index is -0.254. The van der Waals surface area contributed by atoms with Gasteiger partial charge in [-0.2, -0.15) is 0 Å². The minimum absolute atomic E-state index is 0.254. The van der Waals surface area contributed by atoms with Crippen molar-refractivity contribution >= 4 is 22.4 Å². The lowest BCUT2D eigenvalue weighted by Crippen LogP contribution is -1.76. The number of hydrogen-bond donors (Lipinski definition) is 0. The molecule has 0 spiro atoms. The summed E-state index contributed by atoms with van der Waals surface area (Å²) in [5, 5.41) is 2.31. The second-order valence-corrected chi connectivity index (χ2v) is 3.01. The van der Waals surface area contributed by atoms with Gasteiger partial charge in [-0.25, -0.2) is 4.39 Å². The maximum atomic E-state index is 12.8. The Morgan fingerprint density at radius 1 is 1.08 bits per heavy atom. The van der Waals surface area contributed by atoms with Gasteiger partial charge in [-0.05, 0) is 23.6 Å². The molecular formula is C10H6ClF. The standard InChI is InChI=1S/C10H6ClF/c11-10-3-1-2-7-4-5-8(12)6-9(7)10/h1-6H. The molecule has 0 aliphatic rings. The Hall–Kier alpha value is -1.08. The van der Waals surface area contributed by atoms with Gasteiger partial charge in [0.05, 0.1) is 0 Å². The first-order valence-electron chi connectivity index (χ1n) is 3.61. The van der Waals surface area contributed by atoms with E-state index in [-0.39, 0.29) is 5.82 Å². The van der Waals surface area contributed by atoms with E-state index in [4.69, 9.17) is 11.6 Å². The molecule has 0 saturated heterocycles. The van der Waals surface area contributed by atoms with Gasteiger partial charge in [0, 0.05) is 10.4 Å². The van der Waals surface area contributed by atoms with Gasteiger partial charge in [0.15, 0.2) is 0 Å². The Kier molecular flexibility index (Phi) is 1.74. The quantitative estimate of drug-likeness (QED) is 0.581.